The van der Waals surface area contributed by atoms with Gasteiger partial charge in [-0.05, 0) is 61.4 Å². The summed E-state index contributed by atoms with van der Waals surface area (Å²) in [5.41, 5.74) is 1.16. The fraction of sp³-hybridized carbons (Fsp3) is 0.286. The lowest BCUT2D eigenvalue weighted by atomic mass is 10.1. The van der Waals surface area contributed by atoms with E-state index in [1.54, 1.807) is 50.6 Å². The molecule has 0 N–H and O–H groups in total. The van der Waals surface area contributed by atoms with Crippen LogP contribution in [0.3, 0.4) is 0 Å². The van der Waals surface area contributed by atoms with Crippen LogP contribution in [0.15, 0.2) is 53.4 Å². The summed E-state index contributed by atoms with van der Waals surface area (Å²) < 4.78 is 37.1. The van der Waals surface area contributed by atoms with Crippen molar-refractivity contribution in [3.05, 3.63) is 59.7 Å². The van der Waals surface area contributed by atoms with Crippen LogP contribution in [0, 0.1) is 0 Å². The molecule has 0 aliphatic carbocycles. The van der Waals surface area contributed by atoms with Gasteiger partial charge in [0.1, 0.15) is 11.5 Å². The minimum atomic E-state index is -3.48. The van der Waals surface area contributed by atoms with Crippen molar-refractivity contribution in [2.24, 2.45) is 0 Å². The fourth-order valence-corrected chi connectivity index (χ4v) is 4.60. The second-order valence-electron chi connectivity index (χ2n) is 6.44. The molecule has 0 unspecified atom stereocenters. The first kappa shape index (κ1) is 20.1. The van der Waals surface area contributed by atoms with Crippen molar-refractivity contribution in [2.45, 2.75) is 17.7 Å². The lowest BCUT2D eigenvalue weighted by Gasteiger charge is -2.15. The Hall–Kier alpha value is -2.64. The molecule has 6 nitrogen and oxygen atoms in total. The number of hydrogen-bond donors (Lipinski definition) is 0. The van der Waals surface area contributed by atoms with Gasteiger partial charge in [0.15, 0.2) is 5.78 Å². The third kappa shape index (κ3) is 4.26. The highest BCUT2D eigenvalue weighted by atomic mass is 32.2. The molecule has 1 aliphatic heterocycles. The Morgan fingerprint density at radius 2 is 1.68 bits per heavy atom. The Bertz CT molecular complexity index is 974. The monoisotopic (exact) mass is 401 g/mol. The summed E-state index contributed by atoms with van der Waals surface area (Å²) in [7, 11) is -0.357. The molecule has 0 saturated carbocycles. The van der Waals surface area contributed by atoms with Gasteiger partial charge >= 0.3 is 0 Å². The first-order chi connectivity index (χ1) is 13.5. The van der Waals surface area contributed by atoms with E-state index >= 15 is 0 Å². The molecule has 3 rings (SSSR count). The summed E-state index contributed by atoms with van der Waals surface area (Å²) in [6.07, 6.45) is 4.87. The van der Waals surface area contributed by atoms with E-state index in [0.717, 1.165) is 18.4 Å². The quantitative estimate of drug-likeness (QED) is 0.525. The van der Waals surface area contributed by atoms with E-state index in [4.69, 9.17) is 9.47 Å². The number of allylic oxidation sites excluding steroid dienone is 1. The molecular formula is C21H23NO5S. The molecule has 1 saturated heterocycles. The van der Waals surface area contributed by atoms with Crippen LogP contribution in [0.25, 0.3) is 6.08 Å². The van der Waals surface area contributed by atoms with Crippen LogP contribution in [0.2, 0.25) is 0 Å². The zero-order chi connectivity index (χ0) is 20.1. The largest absolute Gasteiger partial charge is 0.497 e. The van der Waals surface area contributed by atoms with Crippen molar-refractivity contribution in [2.75, 3.05) is 27.3 Å². The van der Waals surface area contributed by atoms with Crippen molar-refractivity contribution in [3.63, 3.8) is 0 Å². The van der Waals surface area contributed by atoms with Crippen molar-refractivity contribution >= 4 is 21.9 Å². The Balaban J connectivity index is 1.76. The number of ether oxygens (including phenoxy) is 2. The van der Waals surface area contributed by atoms with E-state index in [0.29, 0.717) is 30.2 Å². The van der Waals surface area contributed by atoms with Crippen LogP contribution in [-0.4, -0.2) is 45.8 Å². The van der Waals surface area contributed by atoms with E-state index in [9.17, 15) is 13.2 Å². The molecule has 0 bridgehead atoms. The minimum Gasteiger partial charge on any atom is -0.497 e. The second kappa shape index (κ2) is 8.58. The maximum absolute atomic E-state index is 12.6. The molecule has 2 aromatic carbocycles. The predicted octanol–water partition coefficient (Wildman–Crippen LogP) is 3.38. The standard InChI is InChI=1S/C21H23NO5S/c1-26-18-9-5-17(21(15-18)27-2)8-12-20(23)16-6-10-19(11-7-16)28(24,25)22-13-3-4-14-22/h5-12,15H,3-4,13-14H2,1-2H3/b12-8+. The summed E-state index contributed by atoms with van der Waals surface area (Å²) in [5, 5.41) is 0. The lowest BCUT2D eigenvalue weighted by molar-refractivity contribution is 0.104. The Morgan fingerprint density at radius 1 is 1.00 bits per heavy atom. The predicted molar refractivity (Wildman–Crippen MR) is 107 cm³/mol. The molecule has 0 spiro atoms. The maximum atomic E-state index is 12.6. The molecule has 148 valence electrons. The van der Waals surface area contributed by atoms with Crippen molar-refractivity contribution < 1.29 is 22.7 Å². The van der Waals surface area contributed by atoms with Crippen LogP contribution < -0.4 is 9.47 Å². The number of carbonyl (C=O) groups is 1. The highest BCUT2D eigenvalue weighted by molar-refractivity contribution is 7.89. The molecule has 0 atom stereocenters. The van der Waals surface area contributed by atoms with E-state index in [2.05, 4.69) is 0 Å². The molecule has 0 amide bonds. The molecule has 0 radical (unpaired) electrons. The topological polar surface area (TPSA) is 72.9 Å². The van der Waals surface area contributed by atoms with E-state index < -0.39 is 10.0 Å². The lowest BCUT2D eigenvalue weighted by Crippen LogP contribution is -2.27. The van der Waals surface area contributed by atoms with Crippen LogP contribution in [-0.2, 0) is 10.0 Å². The summed E-state index contributed by atoms with van der Waals surface area (Å²) >= 11 is 0. The van der Waals surface area contributed by atoms with Gasteiger partial charge in [-0.1, -0.05) is 0 Å². The van der Waals surface area contributed by atoms with Gasteiger partial charge in [0, 0.05) is 30.3 Å². The number of ketones is 1. The first-order valence-corrected chi connectivity index (χ1v) is 10.4. The Labute approximate surface area is 165 Å². The number of nitrogens with zero attached hydrogens (tertiary/aromatic N) is 1. The van der Waals surface area contributed by atoms with Crippen molar-refractivity contribution in [1.29, 1.82) is 0 Å². The van der Waals surface area contributed by atoms with Crippen molar-refractivity contribution in [3.8, 4) is 11.5 Å². The van der Waals surface area contributed by atoms with Crippen LogP contribution in [0.5, 0.6) is 11.5 Å². The second-order valence-corrected chi connectivity index (χ2v) is 8.38. The molecule has 7 heteroatoms. The van der Waals surface area contributed by atoms with Gasteiger partial charge in [-0.25, -0.2) is 8.42 Å². The number of methoxy groups -OCH3 is 2. The molecule has 2 aromatic rings. The third-order valence-electron chi connectivity index (χ3n) is 4.70. The van der Waals surface area contributed by atoms with Crippen LogP contribution in [0.1, 0.15) is 28.8 Å². The SMILES string of the molecule is COc1ccc(/C=C/C(=O)c2ccc(S(=O)(=O)N3CCCC3)cc2)c(OC)c1. The van der Waals surface area contributed by atoms with Crippen molar-refractivity contribution in [1.82, 2.24) is 4.31 Å². The zero-order valence-electron chi connectivity index (χ0n) is 15.9. The van der Waals surface area contributed by atoms with Crippen LogP contribution >= 0.6 is 0 Å². The summed E-state index contributed by atoms with van der Waals surface area (Å²) in [6.45, 7) is 1.10. The number of carbonyl (C=O) groups excluding carboxylic acids is 1. The van der Waals surface area contributed by atoms with Gasteiger partial charge in [-0.15, -0.1) is 0 Å². The Morgan fingerprint density at radius 3 is 2.29 bits per heavy atom. The average Bonchev–Trinajstić information content (AvgIpc) is 3.27. The van der Waals surface area contributed by atoms with E-state index in [1.165, 1.54) is 22.5 Å². The smallest absolute Gasteiger partial charge is 0.243 e. The molecule has 1 heterocycles. The molecule has 0 aromatic heterocycles. The van der Waals surface area contributed by atoms with Gasteiger partial charge in [0.25, 0.3) is 0 Å². The number of benzene rings is 2. The van der Waals surface area contributed by atoms with E-state index in [1.807, 2.05) is 0 Å². The van der Waals surface area contributed by atoms with Gasteiger partial charge in [-0.3, -0.25) is 4.79 Å². The Kier molecular flexibility index (Phi) is 6.16. The fourth-order valence-electron chi connectivity index (χ4n) is 3.09. The average molecular weight is 401 g/mol. The van der Waals surface area contributed by atoms with Gasteiger partial charge in [-0.2, -0.15) is 4.31 Å². The molecule has 1 fully saturated rings. The molecular weight excluding hydrogens is 378 g/mol. The minimum absolute atomic E-state index is 0.215. The number of hydrogen-bond acceptors (Lipinski definition) is 5. The third-order valence-corrected chi connectivity index (χ3v) is 6.61. The highest BCUT2D eigenvalue weighted by Crippen LogP contribution is 2.26. The highest BCUT2D eigenvalue weighted by Gasteiger charge is 2.27. The van der Waals surface area contributed by atoms with Gasteiger partial charge in [0.05, 0.1) is 19.1 Å². The summed E-state index contributed by atoms with van der Waals surface area (Å²) in [5.74, 6) is 1.04. The maximum Gasteiger partial charge on any atom is 0.243 e. The van der Waals surface area contributed by atoms with E-state index in [-0.39, 0.29) is 10.7 Å². The number of sulfonamides is 1. The van der Waals surface area contributed by atoms with Gasteiger partial charge in [0.2, 0.25) is 10.0 Å². The van der Waals surface area contributed by atoms with Crippen LogP contribution in [0.4, 0.5) is 0 Å². The summed E-state index contributed by atoms with van der Waals surface area (Å²) in [4.78, 5) is 12.7. The number of rotatable bonds is 7. The summed E-state index contributed by atoms with van der Waals surface area (Å²) in [6, 6.07) is 11.4. The first-order valence-electron chi connectivity index (χ1n) is 9.00. The zero-order valence-corrected chi connectivity index (χ0v) is 16.7. The molecule has 1 aliphatic rings. The molecule has 28 heavy (non-hydrogen) atoms. The normalized spacial score (nSPS) is 15.1. The van der Waals surface area contributed by atoms with Gasteiger partial charge < -0.3 is 9.47 Å².